The third-order valence-corrected chi connectivity index (χ3v) is 2.83. The number of nitrogens with zero attached hydrogens (tertiary/aromatic N) is 3. The second-order valence-electron chi connectivity index (χ2n) is 3.17. The summed E-state index contributed by atoms with van der Waals surface area (Å²) in [5, 5.41) is 13.8. The Bertz CT molecular complexity index is 452. The number of aliphatic hydroxyl groups is 1. The van der Waals surface area contributed by atoms with E-state index >= 15 is 0 Å². The van der Waals surface area contributed by atoms with Crippen molar-refractivity contribution < 1.29 is 9.52 Å². The molecule has 0 aliphatic rings. The van der Waals surface area contributed by atoms with Crippen LogP contribution < -0.4 is 0 Å². The van der Waals surface area contributed by atoms with E-state index in [9.17, 15) is 5.11 Å². The van der Waals surface area contributed by atoms with E-state index in [1.165, 1.54) is 12.6 Å². The summed E-state index contributed by atoms with van der Waals surface area (Å²) < 4.78 is 7.24. The molecular formula is C9H10BrN3O2. The molecule has 0 aliphatic carbocycles. The van der Waals surface area contributed by atoms with Gasteiger partial charge in [0.15, 0.2) is 4.67 Å². The quantitative estimate of drug-likeness (QED) is 0.918. The molecule has 0 saturated heterocycles. The van der Waals surface area contributed by atoms with Crippen molar-refractivity contribution in [3.8, 4) is 0 Å². The number of hydrogen-bond acceptors (Lipinski definition) is 4. The highest BCUT2D eigenvalue weighted by Gasteiger charge is 2.16. The fourth-order valence-electron chi connectivity index (χ4n) is 1.33. The first kappa shape index (κ1) is 10.4. The van der Waals surface area contributed by atoms with Gasteiger partial charge in [0, 0.05) is 19.0 Å². The van der Waals surface area contributed by atoms with Gasteiger partial charge in [0.1, 0.15) is 12.2 Å². The molecule has 1 atom stereocenters. The maximum Gasteiger partial charge on any atom is 0.174 e. The van der Waals surface area contributed by atoms with Crippen LogP contribution in [0, 0.1) is 0 Å². The van der Waals surface area contributed by atoms with Gasteiger partial charge in [-0.05, 0) is 22.0 Å². The van der Waals surface area contributed by atoms with Gasteiger partial charge in [-0.15, -0.1) is 0 Å². The molecule has 0 radical (unpaired) electrons. The molecule has 2 heterocycles. The molecule has 0 fully saturated rings. The van der Waals surface area contributed by atoms with Gasteiger partial charge in [-0.3, -0.25) is 4.68 Å². The summed E-state index contributed by atoms with van der Waals surface area (Å²) in [5.74, 6) is 0.732. The highest BCUT2D eigenvalue weighted by Crippen LogP contribution is 2.26. The lowest BCUT2D eigenvalue weighted by Gasteiger charge is -2.07. The second-order valence-corrected chi connectivity index (χ2v) is 3.89. The van der Waals surface area contributed by atoms with Crippen LogP contribution in [0.4, 0.5) is 0 Å². The highest BCUT2D eigenvalue weighted by molar-refractivity contribution is 9.10. The minimum Gasteiger partial charge on any atom is -0.457 e. The largest absolute Gasteiger partial charge is 0.457 e. The Kier molecular flexibility index (Phi) is 2.88. The zero-order chi connectivity index (χ0) is 10.8. The molecule has 5 nitrogen and oxygen atoms in total. The second kappa shape index (κ2) is 4.16. The first-order chi connectivity index (χ1) is 7.18. The molecule has 2 aromatic rings. The summed E-state index contributed by atoms with van der Waals surface area (Å²) in [6.45, 7) is 0. The number of aromatic nitrogens is 3. The van der Waals surface area contributed by atoms with Crippen molar-refractivity contribution in [3.63, 3.8) is 0 Å². The molecule has 2 rings (SSSR count). The smallest absolute Gasteiger partial charge is 0.174 e. The van der Waals surface area contributed by atoms with Crippen LogP contribution in [0.25, 0.3) is 0 Å². The van der Waals surface area contributed by atoms with Gasteiger partial charge < -0.3 is 9.52 Å². The maximum absolute atomic E-state index is 9.92. The van der Waals surface area contributed by atoms with Crippen LogP contribution in [0.1, 0.15) is 17.5 Å². The van der Waals surface area contributed by atoms with Crippen molar-refractivity contribution in [2.45, 2.75) is 12.5 Å². The van der Waals surface area contributed by atoms with E-state index in [2.05, 4.69) is 26.0 Å². The van der Waals surface area contributed by atoms with Crippen LogP contribution in [0.2, 0.25) is 0 Å². The molecule has 80 valence electrons. The van der Waals surface area contributed by atoms with Crippen molar-refractivity contribution in [2.75, 3.05) is 0 Å². The van der Waals surface area contributed by atoms with E-state index in [4.69, 9.17) is 4.42 Å². The summed E-state index contributed by atoms with van der Waals surface area (Å²) in [6.07, 6.45) is 2.77. The van der Waals surface area contributed by atoms with E-state index in [0.717, 1.165) is 11.4 Å². The lowest BCUT2D eigenvalue weighted by Crippen LogP contribution is -2.07. The molecule has 0 aromatic carbocycles. The molecule has 1 N–H and O–H groups in total. The van der Waals surface area contributed by atoms with Crippen molar-refractivity contribution >= 4 is 15.9 Å². The SMILES string of the molecule is Cn1ncnc1CC(O)c1ccoc1Br. The van der Waals surface area contributed by atoms with Crippen LogP contribution in [-0.2, 0) is 13.5 Å². The maximum atomic E-state index is 9.92. The lowest BCUT2D eigenvalue weighted by atomic mass is 10.1. The normalized spacial score (nSPS) is 13.0. The Balaban J connectivity index is 2.14. The number of furan rings is 1. The summed E-state index contributed by atoms with van der Waals surface area (Å²) in [4.78, 5) is 4.04. The van der Waals surface area contributed by atoms with Crippen molar-refractivity contribution in [1.82, 2.24) is 14.8 Å². The van der Waals surface area contributed by atoms with Gasteiger partial charge in [-0.1, -0.05) is 0 Å². The van der Waals surface area contributed by atoms with E-state index in [-0.39, 0.29) is 0 Å². The monoisotopic (exact) mass is 271 g/mol. The molecule has 0 spiro atoms. The number of rotatable bonds is 3. The fraction of sp³-hybridized carbons (Fsp3) is 0.333. The van der Waals surface area contributed by atoms with Gasteiger partial charge in [0.25, 0.3) is 0 Å². The first-order valence-corrected chi connectivity index (χ1v) is 5.21. The molecule has 0 amide bonds. The minimum atomic E-state index is -0.638. The zero-order valence-corrected chi connectivity index (χ0v) is 9.68. The van der Waals surface area contributed by atoms with Gasteiger partial charge in [0.05, 0.1) is 12.4 Å². The Labute approximate surface area is 94.9 Å². The standard InChI is InChI=1S/C9H10BrN3O2/c1-13-8(11-5-12-13)4-7(14)6-2-3-15-9(6)10/h2-3,5,7,14H,4H2,1H3. The van der Waals surface area contributed by atoms with Crippen molar-refractivity contribution in [2.24, 2.45) is 7.05 Å². The van der Waals surface area contributed by atoms with E-state index in [1.807, 2.05) is 0 Å². The Hall–Kier alpha value is -1.14. The van der Waals surface area contributed by atoms with Crippen molar-refractivity contribution in [3.05, 3.63) is 34.7 Å². The molecule has 0 bridgehead atoms. The summed E-state index contributed by atoms with van der Waals surface area (Å²) >= 11 is 3.22. The van der Waals surface area contributed by atoms with E-state index in [1.54, 1.807) is 17.8 Å². The lowest BCUT2D eigenvalue weighted by molar-refractivity contribution is 0.172. The Morgan fingerprint density at radius 1 is 1.67 bits per heavy atom. The van der Waals surface area contributed by atoms with Crippen LogP contribution in [0.15, 0.2) is 27.7 Å². The Morgan fingerprint density at radius 3 is 3.00 bits per heavy atom. The summed E-state index contributed by atoms with van der Waals surface area (Å²) in [5.41, 5.74) is 0.720. The molecular weight excluding hydrogens is 262 g/mol. The van der Waals surface area contributed by atoms with E-state index < -0.39 is 6.10 Å². The molecule has 15 heavy (non-hydrogen) atoms. The van der Waals surface area contributed by atoms with Crippen LogP contribution >= 0.6 is 15.9 Å². The molecule has 6 heteroatoms. The third kappa shape index (κ3) is 2.10. The average Bonchev–Trinajstić information content (AvgIpc) is 2.76. The predicted molar refractivity (Wildman–Crippen MR) is 56.1 cm³/mol. The number of aliphatic hydroxyl groups excluding tert-OH is 1. The van der Waals surface area contributed by atoms with E-state index in [0.29, 0.717) is 11.1 Å². The molecule has 0 saturated carbocycles. The van der Waals surface area contributed by atoms with Crippen LogP contribution in [0.5, 0.6) is 0 Å². The molecule has 2 aromatic heterocycles. The van der Waals surface area contributed by atoms with Crippen LogP contribution in [0.3, 0.4) is 0 Å². The minimum absolute atomic E-state index is 0.411. The average molecular weight is 272 g/mol. The zero-order valence-electron chi connectivity index (χ0n) is 8.09. The fourth-order valence-corrected chi connectivity index (χ4v) is 1.83. The van der Waals surface area contributed by atoms with Crippen molar-refractivity contribution in [1.29, 1.82) is 0 Å². The summed E-state index contributed by atoms with van der Waals surface area (Å²) in [6, 6.07) is 1.73. The predicted octanol–water partition coefficient (Wildman–Crippen LogP) is 1.45. The van der Waals surface area contributed by atoms with Crippen LogP contribution in [-0.4, -0.2) is 19.9 Å². The summed E-state index contributed by atoms with van der Waals surface area (Å²) in [7, 11) is 1.79. The Morgan fingerprint density at radius 2 is 2.47 bits per heavy atom. The molecule has 0 aliphatic heterocycles. The molecule has 1 unspecified atom stereocenters. The highest BCUT2D eigenvalue weighted by atomic mass is 79.9. The van der Waals surface area contributed by atoms with Gasteiger partial charge in [-0.25, -0.2) is 4.98 Å². The number of aryl methyl sites for hydroxylation is 1. The van der Waals surface area contributed by atoms with Gasteiger partial charge in [0.2, 0.25) is 0 Å². The topological polar surface area (TPSA) is 64.1 Å². The number of hydrogen-bond donors (Lipinski definition) is 1. The third-order valence-electron chi connectivity index (χ3n) is 2.19. The van der Waals surface area contributed by atoms with Gasteiger partial charge >= 0.3 is 0 Å². The van der Waals surface area contributed by atoms with Gasteiger partial charge in [-0.2, -0.15) is 5.10 Å². The number of halogens is 1. The first-order valence-electron chi connectivity index (χ1n) is 4.42.